The maximum Gasteiger partial charge on any atom is 0.256 e. The lowest BCUT2D eigenvalue weighted by molar-refractivity contribution is 0.102. The smallest absolute Gasteiger partial charge is 0.256 e. The highest BCUT2D eigenvalue weighted by Crippen LogP contribution is 2.33. The number of sulfonamides is 1. The van der Waals surface area contributed by atoms with E-state index in [1.165, 1.54) is 0 Å². The summed E-state index contributed by atoms with van der Waals surface area (Å²) in [4.78, 5) is 19.9. The molecule has 0 unspecified atom stereocenters. The van der Waals surface area contributed by atoms with E-state index < -0.39 is 10.0 Å². The molecule has 2 aliphatic heterocycles. The third kappa shape index (κ3) is 4.85. The number of nitrogens with one attached hydrogen (secondary N) is 1. The number of hydrogen-bond donors (Lipinski definition) is 1. The van der Waals surface area contributed by atoms with Gasteiger partial charge >= 0.3 is 0 Å². The number of thiophene rings is 1. The lowest BCUT2D eigenvalue weighted by atomic mass is 10.2. The van der Waals surface area contributed by atoms with E-state index in [-0.39, 0.29) is 10.8 Å². The molecule has 0 atom stereocenters. The molecular formula is C23H32N4O3S2. The van der Waals surface area contributed by atoms with Crippen molar-refractivity contribution in [3.8, 4) is 0 Å². The van der Waals surface area contributed by atoms with Gasteiger partial charge in [0.15, 0.2) is 0 Å². The van der Waals surface area contributed by atoms with E-state index in [9.17, 15) is 13.2 Å². The number of benzene rings is 1. The number of hydrogen-bond acceptors (Lipinski definition) is 6. The molecule has 2 saturated heterocycles. The fraction of sp³-hybridized carbons (Fsp3) is 0.522. The fourth-order valence-electron chi connectivity index (χ4n) is 4.40. The molecule has 4 rings (SSSR count). The summed E-state index contributed by atoms with van der Waals surface area (Å²) in [7, 11) is -1.49. The lowest BCUT2D eigenvalue weighted by Gasteiger charge is -2.35. The van der Waals surface area contributed by atoms with Crippen molar-refractivity contribution in [3.05, 3.63) is 39.6 Å². The normalized spacial score (nSPS) is 18.7. The van der Waals surface area contributed by atoms with Crippen molar-refractivity contribution in [2.75, 3.05) is 56.5 Å². The molecule has 1 N–H and O–H groups in total. The van der Waals surface area contributed by atoms with Gasteiger partial charge in [-0.05, 0) is 58.0 Å². The van der Waals surface area contributed by atoms with Gasteiger partial charge in [0.05, 0.1) is 21.8 Å². The lowest BCUT2D eigenvalue weighted by Crippen LogP contribution is -2.44. The highest BCUT2D eigenvalue weighted by atomic mass is 32.2. The fourth-order valence-corrected chi connectivity index (χ4v) is 6.86. The Bertz CT molecular complexity index is 1080. The van der Waals surface area contributed by atoms with E-state index in [2.05, 4.69) is 22.2 Å². The van der Waals surface area contributed by atoms with E-state index in [1.807, 2.05) is 26.0 Å². The van der Waals surface area contributed by atoms with Crippen molar-refractivity contribution in [2.45, 2.75) is 38.0 Å². The van der Waals surface area contributed by atoms with E-state index in [0.717, 1.165) is 60.9 Å². The molecule has 7 nitrogen and oxygen atoms in total. The molecule has 1 aromatic carbocycles. The Morgan fingerprint density at radius 2 is 1.66 bits per heavy atom. The van der Waals surface area contributed by atoms with Gasteiger partial charge in [-0.15, -0.1) is 11.3 Å². The van der Waals surface area contributed by atoms with Crippen LogP contribution in [0.4, 0.5) is 11.4 Å². The number of anilines is 2. The van der Waals surface area contributed by atoms with Crippen LogP contribution in [0.25, 0.3) is 0 Å². The summed E-state index contributed by atoms with van der Waals surface area (Å²) in [6.07, 6.45) is 2.84. The summed E-state index contributed by atoms with van der Waals surface area (Å²) in [5.41, 5.74) is 2.07. The molecule has 9 heteroatoms. The quantitative estimate of drug-likeness (QED) is 0.715. The summed E-state index contributed by atoms with van der Waals surface area (Å²) in [6.45, 7) is 8.52. The molecule has 0 bridgehead atoms. The van der Waals surface area contributed by atoms with Crippen LogP contribution in [0.5, 0.6) is 0 Å². The third-order valence-electron chi connectivity index (χ3n) is 6.30. The van der Waals surface area contributed by atoms with Crippen LogP contribution in [0.2, 0.25) is 0 Å². The van der Waals surface area contributed by atoms with Crippen LogP contribution in [-0.4, -0.2) is 69.8 Å². The molecule has 3 heterocycles. The van der Waals surface area contributed by atoms with Crippen LogP contribution < -0.4 is 10.2 Å². The van der Waals surface area contributed by atoms with Gasteiger partial charge in [0.25, 0.3) is 5.91 Å². The summed E-state index contributed by atoms with van der Waals surface area (Å²) in [5.74, 6) is -0.199. The Hall–Kier alpha value is -1.94. The summed E-state index contributed by atoms with van der Waals surface area (Å²) in [5, 5.41) is 3.03. The Morgan fingerprint density at radius 3 is 2.28 bits per heavy atom. The summed E-state index contributed by atoms with van der Waals surface area (Å²) < 4.78 is 28.1. The molecule has 0 radical (unpaired) electrons. The van der Waals surface area contributed by atoms with Crippen molar-refractivity contribution in [3.63, 3.8) is 0 Å². The first-order valence-electron chi connectivity index (χ1n) is 11.2. The van der Waals surface area contributed by atoms with Gasteiger partial charge in [0.2, 0.25) is 10.0 Å². The van der Waals surface area contributed by atoms with Crippen molar-refractivity contribution in [2.24, 2.45) is 0 Å². The Balaban J connectivity index is 1.69. The van der Waals surface area contributed by atoms with Crippen molar-refractivity contribution in [1.29, 1.82) is 0 Å². The number of likely N-dealkylation sites (N-methyl/N-ethyl adjacent to an activating group) is 1. The second-order valence-corrected chi connectivity index (χ2v) is 12.1. The van der Waals surface area contributed by atoms with Gasteiger partial charge in [0.1, 0.15) is 0 Å². The minimum atomic E-state index is -3.59. The zero-order chi connectivity index (χ0) is 22.9. The van der Waals surface area contributed by atoms with Crippen LogP contribution in [-0.2, 0) is 10.0 Å². The number of carbonyl (C=O) groups is 1. The summed E-state index contributed by atoms with van der Waals surface area (Å²) in [6, 6.07) is 7.07. The van der Waals surface area contributed by atoms with E-state index in [4.69, 9.17) is 0 Å². The predicted molar refractivity (Wildman–Crippen MR) is 131 cm³/mol. The Morgan fingerprint density at radius 1 is 0.969 bits per heavy atom. The van der Waals surface area contributed by atoms with E-state index in [1.54, 1.807) is 27.8 Å². The largest absolute Gasteiger partial charge is 0.367 e. The monoisotopic (exact) mass is 476 g/mol. The molecule has 1 amide bonds. The van der Waals surface area contributed by atoms with Crippen molar-refractivity contribution < 1.29 is 13.2 Å². The van der Waals surface area contributed by atoms with Gasteiger partial charge in [-0.3, -0.25) is 4.79 Å². The minimum Gasteiger partial charge on any atom is -0.367 e. The predicted octanol–water partition coefficient (Wildman–Crippen LogP) is 3.54. The standard InChI is InChI=1S/C23H32N4O3S2/c1-17-15-20(18(2)31-17)23(28)24-21-16-19(32(29,30)27-9-5-4-6-10-27)7-8-22(21)26-13-11-25(3)12-14-26/h7-8,15-16H,4-6,9-14H2,1-3H3,(H,24,28). The molecule has 0 aliphatic carbocycles. The van der Waals surface area contributed by atoms with Gasteiger partial charge in [-0.2, -0.15) is 4.31 Å². The van der Waals surface area contributed by atoms with Crippen LogP contribution in [0.3, 0.4) is 0 Å². The van der Waals surface area contributed by atoms with Gasteiger partial charge < -0.3 is 15.1 Å². The highest BCUT2D eigenvalue weighted by Gasteiger charge is 2.28. The van der Waals surface area contributed by atoms with Crippen LogP contribution in [0.15, 0.2) is 29.2 Å². The van der Waals surface area contributed by atoms with Crippen molar-refractivity contribution >= 4 is 38.6 Å². The van der Waals surface area contributed by atoms with Gasteiger partial charge in [-0.25, -0.2) is 8.42 Å². The van der Waals surface area contributed by atoms with Gasteiger partial charge in [0, 0.05) is 49.0 Å². The SMILES string of the molecule is Cc1cc(C(=O)Nc2cc(S(=O)(=O)N3CCCCC3)ccc2N2CCN(C)CC2)c(C)s1. The minimum absolute atomic E-state index is 0.199. The van der Waals surface area contributed by atoms with E-state index in [0.29, 0.717) is 24.3 Å². The first-order chi connectivity index (χ1) is 15.3. The molecular weight excluding hydrogens is 444 g/mol. The Kier molecular flexibility index (Phi) is 6.90. The number of carbonyl (C=O) groups excluding carboxylic acids is 1. The van der Waals surface area contributed by atoms with Crippen molar-refractivity contribution in [1.82, 2.24) is 9.21 Å². The maximum absolute atomic E-state index is 13.3. The average molecular weight is 477 g/mol. The summed E-state index contributed by atoms with van der Waals surface area (Å²) >= 11 is 1.59. The topological polar surface area (TPSA) is 73.0 Å². The number of aryl methyl sites for hydroxylation is 2. The molecule has 0 saturated carbocycles. The zero-order valence-corrected chi connectivity index (χ0v) is 20.7. The average Bonchev–Trinajstić information content (AvgIpc) is 3.13. The molecule has 32 heavy (non-hydrogen) atoms. The van der Waals surface area contributed by atoms with E-state index >= 15 is 0 Å². The van der Waals surface area contributed by atoms with Gasteiger partial charge in [-0.1, -0.05) is 6.42 Å². The molecule has 1 aromatic heterocycles. The molecule has 174 valence electrons. The number of rotatable bonds is 5. The molecule has 0 spiro atoms. The number of nitrogens with zero attached hydrogens (tertiary/aromatic N) is 3. The first kappa shape index (κ1) is 23.2. The molecule has 2 aromatic rings. The maximum atomic E-state index is 13.3. The number of piperidine rings is 1. The van der Waals surface area contributed by atoms with Crippen LogP contribution >= 0.6 is 11.3 Å². The molecule has 2 fully saturated rings. The molecule has 2 aliphatic rings. The van der Waals surface area contributed by atoms with Crippen LogP contribution in [0, 0.1) is 13.8 Å². The highest BCUT2D eigenvalue weighted by molar-refractivity contribution is 7.89. The second-order valence-electron chi connectivity index (χ2n) is 8.72. The Labute approximate surface area is 195 Å². The number of amides is 1. The first-order valence-corrected chi connectivity index (χ1v) is 13.5. The second kappa shape index (κ2) is 9.51. The third-order valence-corrected chi connectivity index (χ3v) is 9.16. The zero-order valence-electron chi connectivity index (χ0n) is 19.1. The van der Waals surface area contributed by atoms with Crippen LogP contribution in [0.1, 0.15) is 39.4 Å². The number of piperazine rings is 1.